The van der Waals surface area contributed by atoms with Gasteiger partial charge in [0.25, 0.3) is 11.8 Å². The maximum Gasteiger partial charge on any atom is 0.331 e. The first-order valence-corrected chi connectivity index (χ1v) is 14.8. The molecule has 2 fully saturated rings. The van der Waals surface area contributed by atoms with Gasteiger partial charge in [-0.25, -0.2) is 14.8 Å². The van der Waals surface area contributed by atoms with Gasteiger partial charge in [0, 0.05) is 17.8 Å². The summed E-state index contributed by atoms with van der Waals surface area (Å²) in [7, 11) is 0. The summed E-state index contributed by atoms with van der Waals surface area (Å²) in [5.74, 6) is -3.88. The number of imide groups is 1. The normalized spacial score (nSPS) is 26.3. The number of nitrogens with zero attached hydrogens (tertiary/aromatic N) is 5. The molecular weight excluding hydrogens is 590 g/mol. The first-order chi connectivity index (χ1) is 22.0. The lowest BCUT2D eigenvalue weighted by atomic mass is 9.84. The summed E-state index contributed by atoms with van der Waals surface area (Å²) in [6, 6.07) is 19.6. The fourth-order valence-electron chi connectivity index (χ4n) is 6.98. The van der Waals surface area contributed by atoms with Crippen LogP contribution < -0.4 is 27.0 Å². The van der Waals surface area contributed by atoms with Crippen LogP contribution in [0.25, 0.3) is 11.1 Å². The summed E-state index contributed by atoms with van der Waals surface area (Å²) in [5.41, 5.74) is 14.1. The number of nitrogens with two attached hydrogens (primary N) is 2. The van der Waals surface area contributed by atoms with Crippen LogP contribution in [-0.2, 0) is 4.79 Å². The number of aryl methyl sites for hydroxylation is 1. The number of urea groups is 1. The van der Waals surface area contributed by atoms with Crippen molar-refractivity contribution in [3.63, 3.8) is 0 Å². The number of hydrogen-bond acceptors (Lipinski definition) is 11. The van der Waals surface area contributed by atoms with Crippen molar-refractivity contribution in [3.05, 3.63) is 90.0 Å². The van der Waals surface area contributed by atoms with Gasteiger partial charge in [0.05, 0.1) is 12.6 Å². The van der Waals surface area contributed by atoms with E-state index in [1.807, 2.05) is 43.3 Å². The summed E-state index contributed by atoms with van der Waals surface area (Å²) in [4.78, 5) is 53.0. The van der Waals surface area contributed by atoms with E-state index < -0.39 is 47.4 Å². The summed E-state index contributed by atoms with van der Waals surface area (Å²) in [6.45, 7) is 1.39. The van der Waals surface area contributed by atoms with E-state index >= 15 is 0 Å². The first kappa shape index (κ1) is 29.3. The van der Waals surface area contributed by atoms with Crippen molar-refractivity contribution in [1.82, 2.24) is 20.4 Å². The van der Waals surface area contributed by atoms with E-state index in [4.69, 9.17) is 11.5 Å². The number of para-hydroxylation sites is 1. The maximum absolute atomic E-state index is 13.8. The fraction of sp³-hybridized carbons (Fsp3) is 0.281. The molecule has 236 valence electrons. The number of rotatable bonds is 6. The number of benzene rings is 3. The van der Waals surface area contributed by atoms with Gasteiger partial charge in [0.1, 0.15) is 18.6 Å². The van der Waals surface area contributed by atoms with Crippen molar-refractivity contribution in [3.8, 4) is 11.1 Å². The molecule has 0 bridgehead atoms. The molecule has 0 aromatic heterocycles. The van der Waals surface area contributed by atoms with Gasteiger partial charge < -0.3 is 37.2 Å². The smallest absolute Gasteiger partial charge is 0.331 e. The van der Waals surface area contributed by atoms with Crippen LogP contribution >= 0.6 is 0 Å². The average molecular weight is 624 g/mol. The zero-order valence-electron chi connectivity index (χ0n) is 24.9. The monoisotopic (exact) mass is 623 g/mol. The summed E-state index contributed by atoms with van der Waals surface area (Å²) in [6.07, 6.45) is 0. The number of aliphatic imine (C=N–C) groups is 2. The van der Waals surface area contributed by atoms with Crippen molar-refractivity contribution in [2.45, 2.75) is 36.5 Å². The number of amides is 4. The molecule has 0 radical (unpaired) electrons. The number of hydrogen-bond donors (Lipinski definition) is 6. The predicted molar refractivity (Wildman–Crippen MR) is 169 cm³/mol. The van der Waals surface area contributed by atoms with Crippen molar-refractivity contribution < 1.29 is 24.6 Å². The number of carbonyl (C=O) groups excluding carboxylic acids is 3. The van der Waals surface area contributed by atoms with Gasteiger partial charge in [-0.3, -0.25) is 19.4 Å². The largest absolute Gasteiger partial charge is 0.370 e. The lowest BCUT2D eigenvalue weighted by Crippen LogP contribution is -2.78. The van der Waals surface area contributed by atoms with Crippen LogP contribution in [0.2, 0.25) is 0 Å². The zero-order chi connectivity index (χ0) is 32.4. The van der Waals surface area contributed by atoms with E-state index in [0.717, 1.165) is 16.0 Å². The Morgan fingerprint density at radius 3 is 2.39 bits per heavy atom. The minimum absolute atomic E-state index is 0.0952. The number of aliphatic hydroxyl groups is 2. The molecule has 2 saturated heterocycles. The molecule has 4 amide bonds. The fourth-order valence-corrected chi connectivity index (χ4v) is 6.98. The molecule has 7 rings (SSSR count). The molecule has 1 spiro atoms. The van der Waals surface area contributed by atoms with Crippen molar-refractivity contribution in [2.75, 3.05) is 24.5 Å². The molecule has 0 saturated carbocycles. The first-order valence-electron chi connectivity index (χ1n) is 14.8. The Hall–Kier alpha value is -5.47. The third-order valence-corrected chi connectivity index (χ3v) is 9.21. The zero-order valence-corrected chi connectivity index (χ0v) is 24.9. The van der Waals surface area contributed by atoms with Gasteiger partial charge >= 0.3 is 6.03 Å². The number of anilines is 1. The van der Waals surface area contributed by atoms with E-state index in [1.54, 1.807) is 42.5 Å². The summed E-state index contributed by atoms with van der Waals surface area (Å²) in [5, 5.41) is 29.5. The van der Waals surface area contributed by atoms with Crippen LogP contribution in [-0.4, -0.2) is 99.0 Å². The number of guanidine groups is 2. The third kappa shape index (κ3) is 4.29. The number of carbonyl (C=O) groups is 3. The summed E-state index contributed by atoms with van der Waals surface area (Å²) >= 11 is 0. The van der Waals surface area contributed by atoms with Gasteiger partial charge in [-0.05, 0) is 41.8 Å². The molecule has 14 nitrogen and oxygen atoms in total. The van der Waals surface area contributed by atoms with Crippen LogP contribution in [0.3, 0.4) is 0 Å². The van der Waals surface area contributed by atoms with Gasteiger partial charge in [-0.15, -0.1) is 0 Å². The van der Waals surface area contributed by atoms with E-state index in [1.165, 1.54) is 9.80 Å². The third-order valence-electron chi connectivity index (χ3n) is 9.21. The van der Waals surface area contributed by atoms with E-state index in [0.29, 0.717) is 16.8 Å². The van der Waals surface area contributed by atoms with Crippen molar-refractivity contribution in [1.29, 1.82) is 0 Å². The van der Waals surface area contributed by atoms with Crippen LogP contribution in [0.5, 0.6) is 0 Å². The van der Waals surface area contributed by atoms with Crippen LogP contribution in [0, 0.1) is 6.92 Å². The predicted octanol–water partition coefficient (Wildman–Crippen LogP) is -0.0946. The SMILES string of the molecule is Cc1ccccc1-c1ccccc1C(=O)NC1CN2C(N)=N[C@@H](CN3C(=O)CN(c4ccccc4)C3=O)[C@@H]3N=C(N)NC32C1(O)O. The Kier molecular flexibility index (Phi) is 6.72. The van der Waals surface area contributed by atoms with Gasteiger partial charge in [0.2, 0.25) is 5.79 Å². The topological polar surface area (TPSA) is 202 Å². The molecule has 4 aliphatic heterocycles. The lowest BCUT2D eigenvalue weighted by molar-refractivity contribution is -0.230. The van der Waals surface area contributed by atoms with E-state index in [9.17, 15) is 24.6 Å². The molecule has 0 aliphatic carbocycles. The Morgan fingerprint density at radius 1 is 0.978 bits per heavy atom. The second-order valence-electron chi connectivity index (χ2n) is 11.8. The van der Waals surface area contributed by atoms with Gasteiger partial charge in [-0.2, -0.15) is 0 Å². The molecule has 8 N–H and O–H groups in total. The molecule has 3 aromatic rings. The molecule has 46 heavy (non-hydrogen) atoms. The highest BCUT2D eigenvalue weighted by Gasteiger charge is 2.73. The van der Waals surface area contributed by atoms with Crippen LogP contribution in [0.15, 0.2) is 88.8 Å². The van der Waals surface area contributed by atoms with Gasteiger partial charge in [-0.1, -0.05) is 60.7 Å². The Morgan fingerprint density at radius 2 is 1.65 bits per heavy atom. The van der Waals surface area contributed by atoms with Crippen LogP contribution in [0.1, 0.15) is 15.9 Å². The van der Waals surface area contributed by atoms with Crippen molar-refractivity contribution in [2.24, 2.45) is 21.5 Å². The van der Waals surface area contributed by atoms with E-state index in [2.05, 4.69) is 20.6 Å². The second kappa shape index (κ2) is 10.6. The quantitative estimate of drug-likeness (QED) is 0.160. The standard InChI is InChI=1S/C32H33N9O5/c1-18-9-5-6-12-20(18)21-13-7-8-14-22(21)27(43)36-24-16-41-29(34)35-23(26-31(41,32(24,45)46)38-28(33)37-26)15-40-25(42)17-39(30(40)44)19-10-3-2-4-11-19/h2-14,23-24,26,45-46H,15-17H2,1H3,(H2,34,35)(H,36,43)(H3,33,37,38)/t23-,24?,26-,31?/m0/s1. The number of nitrogens with one attached hydrogen (secondary N) is 2. The minimum Gasteiger partial charge on any atom is -0.370 e. The highest BCUT2D eigenvalue weighted by atomic mass is 16.5. The Labute approximate surface area is 264 Å². The summed E-state index contributed by atoms with van der Waals surface area (Å²) < 4.78 is 0. The second-order valence-corrected chi connectivity index (χ2v) is 11.8. The lowest BCUT2D eigenvalue weighted by Gasteiger charge is -2.49. The van der Waals surface area contributed by atoms with Gasteiger partial charge in [0.15, 0.2) is 17.6 Å². The average Bonchev–Trinajstić information content (AvgIpc) is 3.62. The molecule has 4 heterocycles. The highest BCUT2D eigenvalue weighted by molar-refractivity contribution is 6.12. The molecule has 4 aliphatic rings. The Bertz CT molecular complexity index is 1810. The molecular formula is C32H33N9O5. The van der Waals surface area contributed by atoms with Crippen LogP contribution in [0.4, 0.5) is 10.5 Å². The van der Waals surface area contributed by atoms with Crippen molar-refractivity contribution >= 4 is 35.5 Å². The molecule has 14 heteroatoms. The molecule has 4 atom stereocenters. The maximum atomic E-state index is 13.8. The molecule has 2 unspecified atom stereocenters. The minimum atomic E-state index is -2.69. The van der Waals surface area contributed by atoms with E-state index in [-0.39, 0.29) is 31.6 Å². The molecule has 3 aromatic carbocycles. The Balaban J connectivity index is 1.17. The highest BCUT2D eigenvalue weighted by Crippen LogP contribution is 2.45.